The molecular weight excluding hydrogens is 810 g/mol. The van der Waals surface area contributed by atoms with E-state index in [1.807, 2.05) is 0 Å². The molecule has 0 unspecified atom stereocenters. The molecule has 0 aromatic carbocycles. The minimum absolute atomic E-state index is 0. The number of unbranched alkanes of at least 4 members (excludes halogenated alkanes) is 2. The van der Waals surface area contributed by atoms with E-state index in [9.17, 15) is 0 Å². The first-order valence-corrected chi connectivity index (χ1v) is 33.8. The van der Waals surface area contributed by atoms with E-state index in [4.69, 9.17) is 25.4 Å². The van der Waals surface area contributed by atoms with Gasteiger partial charge in [0.15, 0.2) is 0 Å². The van der Waals surface area contributed by atoms with Crippen molar-refractivity contribution >= 4 is 124 Å². The molecule has 0 N–H and O–H groups in total. The molecule has 0 atom stereocenters. The molecule has 0 heterocycles. The van der Waals surface area contributed by atoms with Gasteiger partial charge < -0.3 is 9.47 Å². The van der Waals surface area contributed by atoms with Crippen LogP contribution in [0.4, 0.5) is 0 Å². The van der Waals surface area contributed by atoms with E-state index in [1.165, 1.54) is 17.8 Å². The fourth-order valence-corrected chi connectivity index (χ4v) is 25.1. The van der Waals surface area contributed by atoms with Crippen molar-refractivity contribution in [2.45, 2.75) is 50.4 Å². The van der Waals surface area contributed by atoms with Crippen LogP contribution in [0.3, 0.4) is 0 Å². The van der Waals surface area contributed by atoms with E-state index in [-0.39, 0.29) is 7.43 Å². The first-order chi connectivity index (χ1) is 19.4. The first kappa shape index (κ1) is 49.5. The Morgan fingerprint density at radius 2 is 1.05 bits per heavy atom. The van der Waals surface area contributed by atoms with Gasteiger partial charge >= 0.3 is 103 Å². The van der Waals surface area contributed by atoms with E-state index < -0.39 is 13.3 Å². The predicted molar refractivity (Wildman–Crippen MR) is 217 cm³/mol. The van der Waals surface area contributed by atoms with Gasteiger partial charge in [0.05, 0.1) is 19.8 Å². The summed E-state index contributed by atoms with van der Waals surface area (Å²) in [5.74, 6) is 12.7. The predicted octanol–water partition coefficient (Wildman–Crippen LogP) is 5.09. The Bertz CT molecular complexity index is 1120. The van der Waals surface area contributed by atoms with Crippen molar-refractivity contribution in [3.63, 3.8) is 0 Å². The second kappa shape index (κ2) is 46.0. The van der Waals surface area contributed by atoms with Gasteiger partial charge in [-0.05, 0) is 6.42 Å². The Kier molecular flexibility index (Phi) is 55.6. The molecule has 0 fully saturated rings. The number of terminal acetylenes is 1. The van der Waals surface area contributed by atoms with E-state index in [0.717, 1.165) is 38.9 Å². The van der Waals surface area contributed by atoms with Gasteiger partial charge in [-0.1, -0.05) is 13.5 Å². The van der Waals surface area contributed by atoms with Crippen LogP contribution in [0, 0.1) is 23.0 Å². The zero-order chi connectivity index (χ0) is 30.4. The van der Waals surface area contributed by atoms with Gasteiger partial charge in [-0.3, -0.25) is 0 Å². The Balaban J connectivity index is -0.000000251. The molecule has 0 bridgehead atoms. The minimum Gasteiger partial charge on any atom is 0 e. The fraction of sp³-hybridized carbons (Fsp3) is 0.667. The van der Waals surface area contributed by atoms with E-state index in [1.54, 1.807) is 83.2 Å². The maximum atomic E-state index is 5.40. The third-order valence-electron chi connectivity index (χ3n) is 3.13. The maximum Gasteiger partial charge on any atom is 0 e. The van der Waals surface area contributed by atoms with Crippen LogP contribution in [-0.4, -0.2) is 66.1 Å². The molecule has 0 spiro atoms. The Hall–Kier alpha value is 1.62. The topological polar surface area (TPSA) is 36.9 Å². The van der Waals surface area contributed by atoms with Crippen molar-refractivity contribution in [3.05, 3.63) is 25.3 Å². The van der Waals surface area contributed by atoms with Crippen LogP contribution in [0.1, 0.15) is 33.1 Å². The summed E-state index contributed by atoms with van der Waals surface area (Å²) < 4.78 is 24.3. The number of rotatable bonds is 16. The zero-order valence-electron chi connectivity index (χ0n) is 23.2. The van der Waals surface area contributed by atoms with Gasteiger partial charge in [-0.15, -0.1) is 18.9 Å². The SMILES string of the molecule is C.C#CCCCOCCOCC=C.C=CCOCCOCCCC#[C][Ge]([CH3])([CH3])[CH3].S=S=S=S=S=S=S=S=S=S=S=S. The summed E-state index contributed by atoms with van der Waals surface area (Å²) in [7, 11) is 16.3. The van der Waals surface area contributed by atoms with Gasteiger partial charge in [0, 0.05) is 124 Å². The summed E-state index contributed by atoms with van der Waals surface area (Å²) in [6.07, 6.45) is 12.2. The third kappa shape index (κ3) is 61.4. The third-order valence-corrected chi connectivity index (χ3v) is 25.1. The second-order valence-electron chi connectivity index (χ2n) is 7.60. The Morgan fingerprint density at radius 1 is 0.659 bits per heavy atom. The van der Waals surface area contributed by atoms with Crippen LogP contribution >= 0.6 is 0 Å². The molecule has 0 aromatic rings. The van der Waals surface area contributed by atoms with Gasteiger partial charge in [0.25, 0.3) is 0 Å². The largest absolute Gasteiger partial charge is 0 e. The van der Waals surface area contributed by atoms with Crippen molar-refractivity contribution in [3.8, 4) is 23.0 Å². The van der Waals surface area contributed by atoms with Gasteiger partial charge in [-0.2, -0.15) is 0 Å². The van der Waals surface area contributed by atoms with Crippen LogP contribution in [0.15, 0.2) is 25.3 Å². The normalized spacial score (nSPS) is 8.93. The standard InChI is InChI=1S/C13H24GeO2.C10H16O2.CH4.S12/c1-5-10-15-12-13-16-11-8-6-7-9-14(2,3)4;1-3-5-6-8-12-10-9-11-7-4-2;;1-3-5-7-9-11-12-10-8-6-4-2/h5H,1,6,8,10-13H2,2-4H3;1,4H,2,5-10H2;1H4;. The molecule has 4 nitrogen and oxygen atoms in total. The smallest absolute Gasteiger partial charge is 0 e. The summed E-state index contributed by atoms with van der Waals surface area (Å²) >= 11 is 7.75. The molecule has 17 heteroatoms. The van der Waals surface area contributed by atoms with Crippen LogP contribution in [0.25, 0.3) is 0 Å². The van der Waals surface area contributed by atoms with Crippen molar-refractivity contribution in [1.29, 1.82) is 0 Å². The molecule has 0 radical (unpaired) electrons. The molecule has 240 valence electrons. The Labute approximate surface area is 291 Å². The molecule has 0 amide bonds. The molecule has 0 saturated carbocycles. The van der Waals surface area contributed by atoms with Crippen LogP contribution in [0.2, 0.25) is 17.3 Å². The molecule has 0 aliphatic rings. The van der Waals surface area contributed by atoms with Gasteiger partial charge in [0.2, 0.25) is 0 Å². The molecule has 0 aromatic heterocycles. The molecular formula is C24H44GeO4S12. The fourth-order valence-electron chi connectivity index (χ4n) is 1.73. The van der Waals surface area contributed by atoms with E-state index in [2.05, 4.69) is 69.4 Å². The van der Waals surface area contributed by atoms with Crippen LogP contribution in [0.5, 0.6) is 0 Å². The van der Waals surface area contributed by atoms with Crippen molar-refractivity contribution < 1.29 is 18.9 Å². The molecule has 41 heavy (non-hydrogen) atoms. The van der Waals surface area contributed by atoms with Crippen molar-refractivity contribution in [2.24, 2.45) is 0 Å². The molecule has 0 rings (SSSR count). The molecule has 0 aliphatic heterocycles. The van der Waals surface area contributed by atoms with Crippen LogP contribution in [-0.2, 0) is 130 Å². The summed E-state index contributed by atoms with van der Waals surface area (Å²) in [4.78, 5) is 0. The van der Waals surface area contributed by atoms with E-state index in [0.29, 0.717) is 39.6 Å². The zero-order valence-corrected chi connectivity index (χ0v) is 35.1. The van der Waals surface area contributed by atoms with Crippen molar-refractivity contribution in [1.82, 2.24) is 0 Å². The summed E-state index contributed by atoms with van der Waals surface area (Å²) in [5.41, 5.74) is 0. The minimum atomic E-state index is -1.63. The van der Waals surface area contributed by atoms with Gasteiger partial charge in [-0.25, -0.2) is 0 Å². The summed E-state index contributed by atoms with van der Waals surface area (Å²) in [6, 6.07) is 0. The monoisotopic (exact) mass is 854 g/mol. The number of hydrogen-bond donors (Lipinski definition) is 0. The quantitative estimate of drug-likeness (QED) is 0.0934. The number of ether oxygens (including phenoxy) is 4. The summed E-state index contributed by atoms with van der Waals surface area (Å²) in [6.45, 7) is 12.4. The Morgan fingerprint density at radius 3 is 1.41 bits per heavy atom. The van der Waals surface area contributed by atoms with Crippen LogP contribution < -0.4 is 0 Å². The van der Waals surface area contributed by atoms with Crippen molar-refractivity contribution in [2.75, 3.05) is 52.9 Å². The second-order valence-corrected chi connectivity index (χ2v) is 35.3. The first-order valence-electron chi connectivity index (χ1n) is 11.8. The van der Waals surface area contributed by atoms with E-state index >= 15 is 0 Å². The molecule has 0 aliphatic carbocycles. The molecule has 0 saturated heterocycles. The average molecular weight is 854 g/mol. The van der Waals surface area contributed by atoms with Gasteiger partial charge in [0.1, 0.15) is 0 Å². The maximum absolute atomic E-state index is 5.40. The number of hydrogen-bond acceptors (Lipinski definition) is 6. The average Bonchev–Trinajstić information content (AvgIpc) is 2.93. The summed E-state index contributed by atoms with van der Waals surface area (Å²) in [5, 5.41) is 0.